The summed E-state index contributed by atoms with van der Waals surface area (Å²) in [6, 6.07) is 6.54. The predicted octanol–water partition coefficient (Wildman–Crippen LogP) is 2.41. The van der Waals surface area contributed by atoms with E-state index in [-0.39, 0.29) is 0 Å². The molecule has 1 aromatic carbocycles. The van der Waals surface area contributed by atoms with Gasteiger partial charge < -0.3 is 10.6 Å². The van der Waals surface area contributed by atoms with Gasteiger partial charge in [-0.2, -0.15) is 5.10 Å². The number of fused-ring (bicyclic) bond motifs is 3. The van der Waals surface area contributed by atoms with Gasteiger partial charge in [-0.25, -0.2) is 0 Å². The maximum atomic E-state index is 6.06. The molecule has 1 saturated heterocycles. The minimum atomic E-state index is 0.486. The summed E-state index contributed by atoms with van der Waals surface area (Å²) in [6.45, 7) is 2.10. The van der Waals surface area contributed by atoms with E-state index in [1.807, 2.05) is 12.1 Å². The molecule has 4 nitrogen and oxygen atoms in total. The van der Waals surface area contributed by atoms with Crippen LogP contribution in [0.2, 0.25) is 5.02 Å². The first-order valence-corrected chi connectivity index (χ1v) is 7.02. The Bertz CT molecular complexity index is 628. The van der Waals surface area contributed by atoms with Crippen molar-refractivity contribution in [2.45, 2.75) is 18.9 Å². The van der Waals surface area contributed by atoms with E-state index < -0.39 is 0 Å². The van der Waals surface area contributed by atoms with Crippen LogP contribution in [0.25, 0.3) is 11.3 Å². The van der Waals surface area contributed by atoms with E-state index >= 15 is 0 Å². The number of anilines is 1. The van der Waals surface area contributed by atoms with Crippen LogP contribution in [0, 0.1) is 0 Å². The van der Waals surface area contributed by atoms with Gasteiger partial charge in [-0.15, -0.1) is 0 Å². The molecule has 1 aliphatic heterocycles. The number of rotatable bonds is 2. The number of aromatic amines is 1. The highest BCUT2D eigenvalue weighted by Crippen LogP contribution is 2.39. The smallest absolute Gasteiger partial charge is 0.152 e. The molecule has 19 heavy (non-hydrogen) atoms. The summed E-state index contributed by atoms with van der Waals surface area (Å²) in [7, 11) is 0. The lowest BCUT2D eigenvalue weighted by molar-refractivity contribution is 0.784. The molecule has 1 fully saturated rings. The van der Waals surface area contributed by atoms with Crippen molar-refractivity contribution in [3.63, 3.8) is 0 Å². The van der Waals surface area contributed by atoms with Crippen molar-refractivity contribution in [3.8, 4) is 11.3 Å². The van der Waals surface area contributed by atoms with Gasteiger partial charge in [-0.1, -0.05) is 17.7 Å². The predicted molar refractivity (Wildman–Crippen MR) is 76.7 cm³/mol. The van der Waals surface area contributed by atoms with Crippen LogP contribution in [-0.4, -0.2) is 29.3 Å². The monoisotopic (exact) mass is 274 g/mol. The van der Waals surface area contributed by atoms with E-state index in [1.165, 1.54) is 16.7 Å². The molecule has 1 aliphatic carbocycles. The number of nitrogens with zero attached hydrogens (tertiary/aromatic N) is 1. The second-order valence-corrected chi connectivity index (χ2v) is 5.67. The summed E-state index contributed by atoms with van der Waals surface area (Å²) < 4.78 is 0. The van der Waals surface area contributed by atoms with Crippen molar-refractivity contribution >= 4 is 17.4 Å². The van der Waals surface area contributed by atoms with Crippen LogP contribution in [0.1, 0.15) is 17.5 Å². The van der Waals surface area contributed by atoms with Crippen molar-refractivity contribution < 1.29 is 0 Å². The van der Waals surface area contributed by atoms with Crippen LogP contribution < -0.4 is 10.6 Å². The number of hydrogen-bond donors (Lipinski definition) is 3. The standard InChI is InChI=1S/C14H15ClN4/c15-9-1-2-11-8(5-9)6-12-13(11)18-19-14(12)17-10-3-4-16-7-10/h1-2,5,10,16H,3-4,6-7H2,(H2,17,18,19). The maximum Gasteiger partial charge on any atom is 0.152 e. The highest BCUT2D eigenvalue weighted by molar-refractivity contribution is 6.30. The normalized spacial score (nSPS) is 20.4. The quantitative estimate of drug-likeness (QED) is 0.673. The van der Waals surface area contributed by atoms with E-state index in [0.717, 1.165) is 42.5 Å². The fourth-order valence-corrected chi connectivity index (χ4v) is 3.19. The first-order valence-electron chi connectivity index (χ1n) is 6.64. The van der Waals surface area contributed by atoms with Gasteiger partial charge >= 0.3 is 0 Å². The van der Waals surface area contributed by atoms with Gasteiger partial charge in [0.15, 0.2) is 5.82 Å². The fraction of sp³-hybridized carbons (Fsp3) is 0.357. The van der Waals surface area contributed by atoms with Gasteiger partial charge in [0.05, 0.1) is 5.69 Å². The van der Waals surface area contributed by atoms with E-state index in [1.54, 1.807) is 0 Å². The average Bonchev–Trinajstić information content (AvgIpc) is 3.07. The molecule has 2 aliphatic rings. The average molecular weight is 275 g/mol. The third kappa shape index (κ3) is 1.83. The molecular formula is C14H15ClN4. The lowest BCUT2D eigenvalue weighted by Crippen LogP contribution is -2.22. The first kappa shape index (κ1) is 11.3. The topological polar surface area (TPSA) is 52.7 Å². The summed E-state index contributed by atoms with van der Waals surface area (Å²) in [6.07, 6.45) is 2.06. The first-order chi connectivity index (χ1) is 9.31. The molecule has 1 atom stereocenters. The molecule has 1 unspecified atom stereocenters. The van der Waals surface area contributed by atoms with Gasteiger partial charge in [0.2, 0.25) is 0 Å². The van der Waals surface area contributed by atoms with Crippen LogP contribution in [-0.2, 0) is 6.42 Å². The fourth-order valence-electron chi connectivity index (χ4n) is 2.99. The molecule has 2 heterocycles. The third-order valence-electron chi connectivity index (χ3n) is 3.97. The molecular weight excluding hydrogens is 260 g/mol. The molecule has 0 saturated carbocycles. The molecule has 2 aromatic rings. The van der Waals surface area contributed by atoms with Crippen LogP contribution in [0.3, 0.4) is 0 Å². The second-order valence-electron chi connectivity index (χ2n) is 5.24. The zero-order valence-corrected chi connectivity index (χ0v) is 11.2. The summed E-state index contributed by atoms with van der Waals surface area (Å²) in [5.41, 5.74) is 4.91. The lowest BCUT2D eigenvalue weighted by atomic mass is 10.1. The minimum absolute atomic E-state index is 0.486. The SMILES string of the molecule is Clc1ccc2c(c1)Cc1c(NC3CCNC3)n[nH]c1-2. The van der Waals surface area contributed by atoms with Gasteiger partial charge in [0.25, 0.3) is 0 Å². The number of benzene rings is 1. The Morgan fingerprint density at radius 1 is 1.37 bits per heavy atom. The van der Waals surface area contributed by atoms with E-state index in [9.17, 15) is 0 Å². The Morgan fingerprint density at radius 2 is 2.32 bits per heavy atom. The van der Waals surface area contributed by atoms with Crippen LogP contribution in [0.15, 0.2) is 18.2 Å². The van der Waals surface area contributed by atoms with Gasteiger partial charge in [0.1, 0.15) is 0 Å². The van der Waals surface area contributed by atoms with E-state index in [2.05, 4.69) is 26.9 Å². The van der Waals surface area contributed by atoms with Crippen molar-refractivity contribution in [2.24, 2.45) is 0 Å². The number of halogens is 1. The number of hydrogen-bond acceptors (Lipinski definition) is 3. The highest BCUT2D eigenvalue weighted by Gasteiger charge is 2.26. The Kier molecular flexibility index (Phi) is 2.53. The lowest BCUT2D eigenvalue weighted by Gasteiger charge is -2.11. The van der Waals surface area contributed by atoms with E-state index in [4.69, 9.17) is 11.6 Å². The molecule has 0 amide bonds. The highest BCUT2D eigenvalue weighted by atomic mass is 35.5. The van der Waals surface area contributed by atoms with Crippen LogP contribution in [0.5, 0.6) is 0 Å². The molecule has 5 heteroatoms. The zero-order valence-electron chi connectivity index (χ0n) is 10.5. The number of nitrogens with one attached hydrogen (secondary N) is 3. The summed E-state index contributed by atoms with van der Waals surface area (Å²) >= 11 is 6.06. The number of H-pyrrole nitrogens is 1. The largest absolute Gasteiger partial charge is 0.364 e. The Morgan fingerprint density at radius 3 is 3.16 bits per heavy atom. The molecule has 0 spiro atoms. The molecule has 3 N–H and O–H groups in total. The molecule has 0 bridgehead atoms. The van der Waals surface area contributed by atoms with Crippen molar-refractivity contribution in [3.05, 3.63) is 34.3 Å². The van der Waals surface area contributed by atoms with Crippen LogP contribution >= 0.6 is 11.6 Å². The minimum Gasteiger partial charge on any atom is -0.364 e. The Balaban J connectivity index is 1.67. The number of aromatic nitrogens is 2. The van der Waals surface area contributed by atoms with Gasteiger partial charge in [0, 0.05) is 35.2 Å². The van der Waals surface area contributed by atoms with Crippen LogP contribution in [0.4, 0.5) is 5.82 Å². The Hall–Kier alpha value is -1.52. The summed E-state index contributed by atoms with van der Waals surface area (Å²) in [5.74, 6) is 0.996. The van der Waals surface area contributed by atoms with Gasteiger partial charge in [-0.05, 0) is 30.7 Å². The van der Waals surface area contributed by atoms with E-state index in [0.29, 0.717) is 6.04 Å². The zero-order chi connectivity index (χ0) is 12.8. The third-order valence-corrected chi connectivity index (χ3v) is 4.21. The molecule has 1 aromatic heterocycles. The molecule has 98 valence electrons. The molecule has 4 rings (SSSR count). The second kappa shape index (κ2) is 4.25. The summed E-state index contributed by atoms with van der Waals surface area (Å²) in [4.78, 5) is 0. The van der Waals surface area contributed by atoms with Crippen molar-refractivity contribution in [1.29, 1.82) is 0 Å². The Labute approximate surface area is 116 Å². The van der Waals surface area contributed by atoms with Crippen molar-refractivity contribution in [1.82, 2.24) is 15.5 Å². The molecule has 0 radical (unpaired) electrons. The van der Waals surface area contributed by atoms with Crippen molar-refractivity contribution in [2.75, 3.05) is 18.4 Å². The summed E-state index contributed by atoms with van der Waals surface area (Å²) in [5, 5.41) is 15.3. The van der Waals surface area contributed by atoms with Gasteiger partial charge in [-0.3, -0.25) is 5.10 Å². The maximum absolute atomic E-state index is 6.06.